The third-order valence-electron chi connectivity index (χ3n) is 3.74. The maximum absolute atomic E-state index is 5.92. The average Bonchev–Trinajstić information content (AvgIpc) is 2.87. The van der Waals surface area contributed by atoms with Gasteiger partial charge in [-0.15, -0.1) is 24.0 Å². The molecule has 22 heavy (non-hydrogen) atoms. The van der Waals surface area contributed by atoms with Crippen LogP contribution in [0.15, 0.2) is 17.4 Å². The van der Waals surface area contributed by atoms with E-state index >= 15 is 0 Å². The van der Waals surface area contributed by atoms with Gasteiger partial charge in [0.1, 0.15) is 0 Å². The van der Waals surface area contributed by atoms with Crippen LogP contribution in [0.25, 0.3) is 11.2 Å². The van der Waals surface area contributed by atoms with E-state index in [0.717, 1.165) is 22.1 Å². The summed E-state index contributed by atoms with van der Waals surface area (Å²) in [4.78, 5) is 16.9. The first-order chi connectivity index (χ1) is 10.2. The lowest BCUT2D eigenvalue weighted by molar-refractivity contribution is 0.154. The molecule has 3 heterocycles. The number of thioether (sulfide) groups is 1. The maximum atomic E-state index is 5.92. The van der Waals surface area contributed by atoms with E-state index in [9.17, 15) is 0 Å². The van der Waals surface area contributed by atoms with Gasteiger partial charge in [-0.2, -0.15) is 0 Å². The summed E-state index contributed by atoms with van der Waals surface area (Å²) >= 11 is 7.68. The molecule has 0 radical (unpaired) electrons. The number of nitrogens with one attached hydrogen (secondary N) is 1. The zero-order valence-corrected chi connectivity index (χ0v) is 16.5. The number of H-pyrrole nitrogens is 1. The molecule has 0 saturated carbocycles. The number of aromatic nitrogens is 3. The monoisotopic (exact) mass is 453 g/mol. The Morgan fingerprint density at radius 2 is 2.09 bits per heavy atom. The largest absolute Gasteiger partial charge is 0.331 e. The van der Waals surface area contributed by atoms with Gasteiger partial charge in [0.15, 0.2) is 10.8 Å². The lowest BCUT2D eigenvalue weighted by Gasteiger charge is -2.32. The number of hydrogen-bond acceptors (Lipinski definition) is 5. The van der Waals surface area contributed by atoms with Crippen LogP contribution in [0.5, 0.6) is 0 Å². The van der Waals surface area contributed by atoms with Crippen LogP contribution in [0.1, 0.15) is 6.42 Å². The van der Waals surface area contributed by atoms with E-state index in [0.29, 0.717) is 5.02 Å². The third-order valence-corrected chi connectivity index (χ3v) is 4.90. The molecule has 2 aromatic rings. The minimum atomic E-state index is 0. The van der Waals surface area contributed by atoms with Gasteiger partial charge in [0.2, 0.25) is 0 Å². The van der Waals surface area contributed by atoms with E-state index < -0.39 is 0 Å². The molecule has 5 nitrogen and oxygen atoms in total. The van der Waals surface area contributed by atoms with Crippen LogP contribution < -0.4 is 0 Å². The first kappa shape index (κ1) is 18.3. The number of imidazole rings is 1. The molecule has 3 rings (SSSR count). The van der Waals surface area contributed by atoms with Crippen LogP contribution in [0.3, 0.4) is 0 Å². The molecule has 8 heteroatoms. The molecule has 1 saturated heterocycles. The lowest BCUT2D eigenvalue weighted by atomic mass is 10.3. The highest BCUT2D eigenvalue weighted by molar-refractivity contribution is 14.0. The highest BCUT2D eigenvalue weighted by Crippen LogP contribution is 2.21. The van der Waals surface area contributed by atoms with E-state index in [2.05, 4.69) is 31.8 Å². The van der Waals surface area contributed by atoms with Crippen LogP contribution in [0.4, 0.5) is 0 Å². The number of aromatic amines is 1. The fourth-order valence-corrected chi connectivity index (χ4v) is 3.41. The van der Waals surface area contributed by atoms with Crippen molar-refractivity contribution in [2.24, 2.45) is 0 Å². The maximum Gasteiger partial charge on any atom is 0.178 e. The zero-order valence-electron chi connectivity index (χ0n) is 12.6. The number of halogens is 2. The predicted octanol–water partition coefficient (Wildman–Crippen LogP) is 2.96. The third kappa shape index (κ3) is 4.95. The zero-order chi connectivity index (χ0) is 14.7. The van der Waals surface area contributed by atoms with Crippen molar-refractivity contribution in [2.75, 3.05) is 45.5 Å². The van der Waals surface area contributed by atoms with Crippen molar-refractivity contribution in [3.05, 3.63) is 17.3 Å². The van der Waals surface area contributed by atoms with Crippen LogP contribution in [-0.2, 0) is 0 Å². The number of pyridine rings is 1. The SMILES string of the molecule is CN1CCN(CCCSc2nc3ncc(Cl)cc3[nH]2)CC1.I. The molecule has 1 N–H and O–H groups in total. The van der Waals surface area contributed by atoms with Crippen LogP contribution >= 0.6 is 47.3 Å². The van der Waals surface area contributed by atoms with E-state index in [1.165, 1.54) is 39.1 Å². The van der Waals surface area contributed by atoms with Gasteiger partial charge in [-0.1, -0.05) is 23.4 Å². The fourth-order valence-electron chi connectivity index (χ4n) is 2.45. The highest BCUT2D eigenvalue weighted by Gasteiger charge is 2.13. The minimum Gasteiger partial charge on any atom is -0.331 e. The van der Waals surface area contributed by atoms with Crippen molar-refractivity contribution in [1.29, 1.82) is 0 Å². The first-order valence-corrected chi connectivity index (χ1v) is 8.62. The molecule has 0 aromatic carbocycles. The lowest BCUT2D eigenvalue weighted by Crippen LogP contribution is -2.44. The summed E-state index contributed by atoms with van der Waals surface area (Å²) in [6.45, 7) is 5.92. The minimum absolute atomic E-state index is 0. The quantitative estimate of drug-likeness (QED) is 0.428. The summed E-state index contributed by atoms with van der Waals surface area (Å²) < 4.78 is 0. The molecule has 0 unspecified atom stereocenters. The normalized spacial score (nSPS) is 16.8. The van der Waals surface area contributed by atoms with E-state index in [-0.39, 0.29) is 24.0 Å². The molecule has 0 amide bonds. The van der Waals surface area contributed by atoms with Crippen molar-refractivity contribution in [2.45, 2.75) is 11.6 Å². The Kier molecular flexibility index (Phi) is 7.20. The Morgan fingerprint density at radius 3 is 2.86 bits per heavy atom. The standard InChI is InChI=1S/C14H20ClN5S.HI/c1-19-4-6-20(7-5-19)3-2-8-21-14-17-12-9-11(15)10-16-13(12)18-14;/h9-10H,2-8H2,1H3,(H,16,17,18);1H. The Hall–Kier alpha value is -0.0900. The number of piperazine rings is 1. The van der Waals surface area contributed by atoms with Crippen LogP contribution in [-0.4, -0.2) is 70.3 Å². The van der Waals surface area contributed by atoms with Crippen LogP contribution in [0, 0.1) is 0 Å². The first-order valence-electron chi connectivity index (χ1n) is 7.26. The molecule has 1 aliphatic heterocycles. The Bertz CT molecular complexity index is 600. The number of likely N-dealkylation sites (N-methyl/N-ethyl adjacent to an activating group) is 1. The van der Waals surface area contributed by atoms with E-state index in [1.807, 2.05) is 6.07 Å². The van der Waals surface area contributed by atoms with Gasteiger partial charge in [0.25, 0.3) is 0 Å². The number of fused-ring (bicyclic) bond motifs is 1. The molecular formula is C14H21ClIN5S. The molecule has 0 atom stereocenters. The van der Waals surface area contributed by atoms with E-state index in [4.69, 9.17) is 11.6 Å². The highest BCUT2D eigenvalue weighted by atomic mass is 127. The molecule has 0 spiro atoms. The second-order valence-electron chi connectivity index (χ2n) is 5.41. The van der Waals surface area contributed by atoms with E-state index in [1.54, 1.807) is 18.0 Å². The van der Waals surface area contributed by atoms with Crippen molar-refractivity contribution in [3.63, 3.8) is 0 Å². The predicted molar refractivity (Wildman–Crippen MR) is 104 cm³/mol. The van der Waals surface area contributed by atoms with Crippen molar-refractivity contribution >= 4 is 58.5 Å². The summed E-state index contributed by atoms with van der Waals surface area (Å²) in [6, 6.07) is 1.87. The summed E-state index contributed by atoms with van der Waals surface area (Å²) in [5, 5.41) is 1.57. The van der Waals surface area contributed by atoms with Gasteiger partial charge in [-0.25, -0.2) is 9.97 Å². The van der Waals surface area contributed by atoms with Gasteiger partial charge >= 0.3 is 0 Å². The summed E-state index contributed by atoms with van der Waals surface area (Å²) in [6.07, 6.45) is 2.81. The summed E-state index contributed by atoms with van der Waals surface area (Å²) in [5.41, 5.74) is 1.64. The molecule has 2 aromatic heterocycles. The number of hydrogen-bond donors (Lipinski definition) is 1. The molecule has 0 bridgehead atoms. The molecule has 122 valence electrons. The molecule has 0 aliphatic carbocycles. The van der Waals surface area contributed by atoms with Gasteiger partial charge < -0.3 is 14.8 Å². The van der Waals surface area contributed by atoms with Gasteiger partial charge in [-0.05, 0) is 26.1 Å². The topological polar surface area (TPSA) is 48.1 Å². The average molecular weight is 454 g/mol. The second-order valence-corrected chi connectivity index (χ2v) is 6.93. The Balaban J connectivity index is 0.00000176. The molecule has 1 aliphatic rings. The summed E-state index contributed by atoms with van der Waals surface area (Å²) in [7, 11) is 2.19. The van der Waals surface area contributed by atoms with Crippen molar-refractivity contribution in [3.8, 4) is 0 Å². The van der Waals surface area contributed by atoms with Crippen LogP contribution in [0.2, 0.25) is 5.02 Å². The fraction of sp³-hybridized carbons (Fsp3) is 0.571. The van der Waals surface area contributed by atoms with Gasteiger partial charge in [0, 0.05) is 38.1 Å². The number of nitrogens with zero attached hydrogens (tertiary/aromatic N) is 4. The van der Waals surface area contributed by atoms with Crippen molar-refractivity contribution < 1.29 is 0 Å². The number of rotatable bonds is 5. The van der Waals surface area contributed by atoms with Gasteiger partial charge in [0.05, 0.1) is 10.5 Å². The summed E-state index contributed by atoms with van der Waals surface area (Å²) in [5.74, 6) is 1.07. The molecule has 1 fully saturated rings. The van der Waals surface area contributed by atoms with Gasteiger partial charge in [-0.3, -0.25) is 0 Å². The van der Waals surface area contributed by atoms with Crippen molar-refractivity contribution in [1.82, 2.24) is 24.8 Å². The second kappa shape index (κ2) is 8.68. The Labute approximate surface area is 157 Å². The Morgan fingerprint density at radius 1 is 1.32 bits per heavy atom. The smallest absolute Gasteiger partial charge is 0.178 e. The molecular weight excluding hydrogens is 433 g/mol.